The number of fused-ring (bicyclic) bond motifs is 1. The molecule has 182 valence electrons. The van der Waals surface area contributed by atoms with E-state index in [1.54, 1.807) is 30.5 Å². The number of anilines is 1. The highest BCUT2D eigenvalue weighted by atomic mass is 35.5. The van der Waals surface area contributed by atoms with Crippen molar-refractivity contribution in [2.45, 2.75) is 19.4 Å². The molecule has 1 aliphatic rings. The van der Waals surface area contributed by atoms with Gasteiger partial charge in [-0.15, -0.1) is 0 Å². The second-order valence-electron chi connectivity index (χ2n) is 8.65. The molecule has 0 radical (unpaired) electrons. The molecule has 35 heavy (non-hydrogen) atoms. The summed E-state index contributed by atoms with van der Waals surface area (Å²) in [6.07, 6.45) is 2.71. The van der Waals surface area contributed by atoms with E-state index in [9.17, 15) is 9.18 Å². The summed E-state index contributed by atoms with van der Waals surface area (Å²) in [5.41, 5.74) is 1.18. The first kappa shape index (κ1) is 23.9. The Hall–Kier alpha value is -2.87. The monoisotopic (exact) mass is 514 g/mol. The predicted octanol–water partition coefficient (Wildman–Crippen LogP) is 5.24. The van der Waals surface area contributed by atoms with Crippen LogP contribution in [0.2, 0.25) is 10.0 Å². The van der Waals surface area contributed by atoms with Gasteiger partial charge in [-0.1, -0.05) is 41.4 Å². The van der Waals surface area contributed by atoms with Crippen molar-refractivity contribution < 1.29 is 8.81 Å². The van der Waals surface area contributed by atoms with Crippen molar-refractivity contribution in [3.8, 4) is 0 Å². The van der Waals surface area contributed by atoms with Crippen LogP contribution >= 0.6 is 23.2 Å². The number of rotatable bonds is 7. The van der Waals surface area contributed by atoms with Crippen LogP contribution in [-0.4, -0.2) is 47.4 Å². The number of hydrogen-bond donors (Lipinski definition) is 0. The molecular formula is C26H25Cl2FN4O2. The highest BCUT2D eigenvalue weighted by molar-refractivity contribution is 6.43. The molecule has 1 saturated heterocycles. The molecule has 1 fully saturated rings. The van der Waals surface area contributed by atoms with Crippen LogP contribution < -0.4 is 10.5 Å². The van der Waals surface area contributed by atoms with E-state index in [0.717, 1.165) is 44.8 Å². The molecule has 0 spiro atoms. The molecule has 0 N–H and O–H groups in total. The first-order valence-corrected chi connectivity index (χ1v) is 12.4. The fourth-order valence-corrected chi connectivity index (χ4v) is 5.02. The number of halogens is 3. The van der Waals surface area contributed by atoms with Crippen LogP contribution in [0, 0.1) is 5.82 Å². The van der Waals surface area contributed by atoms with Gasteiger partial charge in [-0.05, 0) is 36.8 Å². The molecule has 2 aromatic heterocycles. The summed E-state index contributed by atoms with van der Waals surface area (Å²) in [7, 11) is 0. The lowest BCUT2D eigenvalue weighted by Gasteiger charge is -2.36. The van der Waals surface area contributed by atoms with Gasteiger partial charge in [0.2, 0.25) is 0 Å². The number of aryl methyl sites for hydroxylation is 1. The second kappa shape index (κ2) is 10.4. The van der Waals surface area contributed by atoms with Gasteiger partial charge in [-0.25, -0.2) is 9.07 Å². The molecular weight excluding hydrogens is 490 g/mol. The van der Waals surface area contributed by atoms with Crippen LogP contribution in [0.15, 0.2) is 64.0 Å². The number of furan rings is 1. The molecule has 0 bridgehead atoms. The Morgan fingerprint density at radius 2 is 1.77 bits per heavy atom. The van der Waals surface area contributed by atoms with Crippen LogP contribution in [0.1, 0.15) is 17.9 Å². The van der Waals surface area contributed by atoms with Crippen molar-refractivity contribution >= 4 is 39.7 Å². The maximum Gasteiger partial charge on any atom is 0.277 e. The Kier molecular flexibility index (Phi) is 7.09. The van der Waals surface area contributed by atoms with E-state index in [2.05, 4.69) is 14.9 Å². The van der Waals surface area contributed by atoms with Gasteiger partial charge in [0.1, 0.15) is 11.6 Å². The number of piperazine rings is 1. The molecule has 6 nitrogen and oxygen atoms in total. The molecule has 5 rings (SSSR count). The van der Waals surface area contributed by atoms with Gasteiger partial charge in [0.05, 0.1) is 39.5 Å². The maximum absolute atomic E-state index is 14.6. The van der Waals surface area contributed by atoms with Gasteiger partial charge >= 0.3 is 0 Å². The number of nitrogens with zero attached hydrogens (tertiary/aromatic N) is 4. The summed E-state index contributed by atoms with van der Waals surface area (Å²) in [4.78, 5) is 17.6. The highest BCUT2D eigenvalue weighted by Gasteiger charge is 2.20. The van der Waals surface area contributed by atoms with E-state index in [4.69, 9.17) is 27.6 Å². The Labute approximate surface area is 212 Å². The van der Waals surface area contributed by atoms with E-state index in [1.165, 1.54) is 10.7 Å². The fourth-order valence-electron chi connectivity index (χ4n) is 4.61. The molecule has 3 heterocycles. The Morgan fingerprint density at radius 1 is 0.971 bits per heavy atom. The minimum Gasteiger partial charge on any atom is -0.469 e. The summed E-state index contributed by atoms with van der Waals surface area (Å²) in [6, 6.07) is 14.0. The fraction of sp³-hybridized carbons (Fsp3) is 0.308. The minimum atomic E-state index is -0.528. The lowest BCUT2D eigenvalue weighted by Crippen LogP contribution is -2.47. The van der Waals surface area contributed by atoms with Crippen LogP contribution in [-0.2, 0) is 13.0 Å². The van der Waals surface area contributed by atoms with Crippen molar-refractivity contribution in [1.82, 2.24) is 14.7 Å². The van der Waals surface area contributed by atoms with Crippen LogP contribution in [0.4, 0.5) is 10.1 Å². The van der Waals surface area contributed by atoms with Crippen LogP contribution in [0.25, 0.3) is 10.8 Å². The Bertz CT molecular complexity index is 1380. The van der Waals surface area contributed by atoms with Crippen LogP contribution in [0.5, 0.6) is 0 Å². The van der Waals surface area contributed by atoms with E-state index >= 15 is 0 Å². The molecule has 0 atom stereocenters. The van der Waals surface area contributed by atoms with Gasteiger partial charge in [-0.3, -0.25) is 9.69 Å². The Balaban J connectivity index is 1.26. The summed E-state index contributed by atoms with van der Waals surface area (Å²) in [6.45, 7) is 4.66. The zero-order valence-electron chi connectivity index (χ0n) is 19.1. The van der Waals surface area contributed by atoms with Crippen LogP contribution in [0.3, 0.4) is 0 Å². The second-order valence-corrected chi connectivity index (χ2v) is 9.43. The molecule has 1 aliphatic heterocycles. The van der Waals surface area contributed by atoms with Gasteiger partial charge in [0, 0.05) is 44.7 Å². The summed E-state index contributed by atoms with van der Waals surface area (Å²) < 4.78 is 21.5. The average molecular weight is 515 g/mol. The van der Waals surface area contributed by atoms with E-state index in [1.807, 2.05) is 18.2 Å². The summed E-state index contributed by atoms with van der Waals surface area (Å²) >= 11 is 12.5. The average Bonchev–Trinajstić information content (AvgIpc) is 3.37. The van der Waals surface area contributed by atoms with Gasteiger partial charge in [-0.2, -0.15) is 5.10 Å². The SMILES string of the molecule is O=c1c2c(F)cccc2c(Cc2ccco2)nn1CCCN1CCN(c2cccc(Cl)c2Cl)CC1. The molecule has 0 saturated carbocycles. The lowest BCUT2D eigenvalue weighted by atomic mass is 10.1. The Morgan fingerprint density at radius 3 is 2.54 bits per heavy atom. The van der Waals surface area contributed by atoms with Crippen molar-refractivity contribution in [1.29, 1.82) is 0 Å². The third-order valence-corrected chi connectivity index (χ3v) is 7.23. The predicted molar refractivity (Wildman–Crippen MR) is 137 cm³/mol. The highest BCUT2D eigenvalue weighted by Crippen LogP contribution is 2.32. The molecule has 0 amide bonds. The van der Waals surface area contributed by atoms with E-state index in [-0.39, 0.29) is 5.39 Å². The molecule has 0 aliphatic carbocycles. The zero-order valence-corrected chi connectivity index (χ0v) is 20.6. The largest absolute Gasteiger partial charge is 0.469 e. The number of aromatic nitrogens is 2. The quantitative estimate of drug-likeness (QED) is 0.337. The normalized spacial score (nSPS) is 14.7. The smallest absolute Gasteiger partial charge is 0.277 e. The molecule has 0 unspecified atom stereocenters. The first-order valence-electron chi connectivity index (χ1n) is 11.6. The van der Waals surface area contributed by atoms with E-state index < -0.39 is 11.4 Å². The third kappa shape index (κ3) is 5.08. The lowest BCUT2D eigenvalue weighted by molar-refractivity contribution is 0.248. The van der Waals surface area contributed by atoms with Gasteiger partial charge in [0.15, 0.2) is 0 Å². The van der Waals surface area contributed by atoms with Crippen molar-refractivity contribution in [3.05, 3.63) is 92.5 Å². The van der Waals surface area contributed by atoms with Crippen molar-refractivity contribution in [3.63, 3.8) is 0 Å². The van der Waals surface area contributed by atoms with Gasteiger partial charge in [0.25, 0.3) is 5.56 Å². The number of hydrogen-bond acceptors (Lipinski definition) is 5. The molecule has 9 heteroatoms. The third-order valence-electron chi connectivity index (χ3n) is 6.42. The standard InChI is InChI=1S/C26H25Cl2FN4O2/c27-20-7-2-9-23(25(20)28)32-14-12-31(13-15-32)10-4-11-33-26(34)24-19(6-1-8-21(24)29)22(30-33)17-18-5-3-16-35-18/h1-3,5-9,16H,4,10-15,17H2. The van der Waals surface area contributed by atoms with Gasteiger partial charge < -0.3 is 9.32 Å². The summed E-state index contributed by atoms with van der Waals surface area (Å²) in [5.74, 6) is 0.186. The van der Waals surface area contributed by atoms with E-state index in [0.29, 0.717) is 39.9 Å². The number of benzene rings is 2. The topological polar surface area (TPSA) is 54.5 Å². The van der Waals surface area contributed by atoms with Crippen molar-refractivity contribution in [2.24, 2.45) is 0 Å². The van der Waals surface area contributed by atoms with Crippen molar-refractivity contribution in [2.75, 3.05) is 37.6 Å². The molecule has 2 aromatic carbocycles. The zero-order chi connectivity index (χ0) is 24.4. The summed E-state index contributed by atoms with van der Waals surface area (Å²) in [5, 5.41) is 6.34. The first-order chi connectivity index (χ1) is 17.0. The molecule has 4 aromatic rings. The minimum absolute atomic E-state index is 0.0797. The maximum atomic E-state index is 14.6.